The molecule has 0 radical (unpaired) electrons. The first kappa shape index (κ1) is 13.8. The van der Waals surface area contributed by atoms with Crippen LogP contribution in [0.25, 0.3) is 0 Å². The summed E-state index contributed by atoms with van der Waals surface area (Å²) in [6, 6.07) is 10.1. The summed E-state index contributed by atoms with van der Waals surface area (Å²) in [7, 11) is 1.72. The van der Waals surface area contributed by atoms with Gasteiger partial charge in [-0.3, -0.25) is 9.59 Å². The zero-order valence-corrected chi connectivity index (χ0v) is 12.6. The number of carbonyl (C=O) groups excluding carboxylic acids is 2. The number of halogens is 1. The number of carbonyl (C=O) groups is 2. The number of amides is 2. The molecule has 23 heavy (non-hydrogen) atoms. The highest BCUT2D eigenvalue weighted by atomic mass is 19.1. The SMILES string of the molecule is Cc1cc(F)c2c(c1)[C@]1(NC(=O)c3ccccc3N1C)C(=O)N2. The fraction of sp³-hybridized carbons (Fsp3) is 0.176. The monoisotopic (exact) mass is 311 g/mol. The van der Waals surface area contributed by atoms with Crippen molar-refractivity contribution in [3.63, 3.8) is 0 Å². The van der Waals surface area contributed by atoms with Crippen molar-refractivity contribution in [1.29, 1.82) is 0 Å². The van der Waals surface area contributed by atoms with Crippen LogP contribution in [0.1, 0.15) is 21.5 Å². The van der Waals surface area contributed by atoms with E-state index in [2.05, 4.69) is 10.6 Å². The fourth-order valence-corrected chi connectivity index (χ4v) is 3.39. The van der Waals surface area contributed by atoms with Crippen LogP contribution in [-0.4, -0.2) is 18.9 Å². The molecular weight excluding hydrogens is 297 g/mol. The van der Waals surface area contributed by atoms with Gasteiger partial charge in [-0.2, -0.15) is 0 Å². The van der Waals surface area contributed by atoms with Crippen LogP contribution in [0.3, 0.4) is 0 Å². The van der Waals surface area contributed by atoms with Crippen molar-refractivity contribution in [3.8, 4) is 0 Å². The van der Waals surface area contributed by atoms with Crippen LogP contribution in [0, 0.1) is 12.7 Å². The van der Waals surface area contributed by atoms with E-state index >= 15 is 0 Å². The lowest BCUT2D eigenvalue weighted by molar-refractivity contribution is -0.121. The molecule has 2 aromatic rings. The Morgan fingerprint density at radius 2 is 1.91 bits per heavy atom. The Morgan fingerprint density at radius 1 is 1.17 bits per heavy atom. The maximum absolute atomic E-state index is 14.2. The second-order valence-corrected chi connectivity index (χ2v) is 5.86. The first-order valence-corrected chi connectivity index (χ1v) is 7.22. The van der Waals surface area contributed by atoms with Gasteiger partial charge in [0.2, 0.25) is 5.66 Å². The Labute approximate surface area is 132 Å². The van der Waals surface area contributed by atoms with Crippen molar-refractivity contribution >= 4 is 23.2 Å². The van der Waals surface area contributed by atoms with Crippen LogP contribution < -0.4 is 15.5 Å². The third-order valence-electron chi connectivity index (χ3n) is 4.50. The Kier molecular flexibility index (Phi) is 2.58. The smallest absolute Gasteiger partial charge is 0.276 e. The number of anilines is 2. The van der Waals surface area contributed by atoms with E-state index in [1.54, 1.807) is 49.2 Å². The molecule has 2 aliphatic heterocycles. The Morgan fingerprint density at radius 3 is 2.70 bits per heavy atom. The molecule has 5 nitrogen and oxygen atoms in total. The minimum Gasteiger partial charge on any atom is -0.340 e. The zero-order valence-electron chi connectivity index (χ0n) is 12.6. The van der Waals surface area contributed by atoms with Crippen LogP contribution >= 0.6 is 0 Å². The normalized spacial score (nSPS) is 21.8. The van der Waals surface area contributed by atoms with Gasteiger partial charge in [-0.1, -0.05) is 12.1 Å². The predicted octanol–water partition coefficient (Wildman–Crippen LogP) is 2.12. The fourth-order valence-electron chi connectivity index (χ4n) is 3.39. The molecule has 2 aliphatic rings. The number of aryl methyl sites for hydroxylation is 1. The van der Waals surface area contributed by atoms with E-state index in [9.17, 15) is 14.0 Å². The summed E-state index contributed by atoms with van der Waals surface area (Å²) < 4.78 is 14.2. The molecule has 0 saturated carbocycles. The van der Waals surface area contributed by atoms with Crippen LogP contribution in [-0.2, 0) is 10.5 Å². The summed E-state index contributed by atoms with van der Waals surface area (Å²) in [6.07, 6.45) is 0. The lowest BCUT2D eigenvalue weighted by atomic mass is 9.92. The van der Waals surface area contributed by atoms with Crippen molar-refractivity contribution < 1.29 is 14.0 Å². The first-order chi connectivity index (χ1) is 10.9. The summed E-state index contributed by atoms with van der Waals surface area (Å²) in [5, 5.41) is 5.33. The van der Waals surface area contributed by atoms with Crippen molar-refractivity contribution in [2.75, 3.05) is 17.3 Å². The van der Waals surface area contributed by atoms with E-state index < -0.39 is 17.4 Å². The molecule has 1 spiro atoms. The van der Waals surface area contributed by atoms with Gasteiger partial charge in [0.25, 0.3) is 11.8 Å². The Bertz CT molecular complexity index is 880. The van der Waals surface area contributed by atoms with E-state index in [0.29, 0.717) is 22.4 Å². The minimum atomic E-state index is -1.44. The van der Waals surface area contributed by atoms with Crippen LogP contribution in [0.2, 0.25) is 0 Å². The molecule has 0 aliphatic carbocycles. The second kappa shape index (κ2) is 4.32. The number of nitrogens with one attached hydrogen (secondary N) is 2. The molecule has 1 atom stereocenters. The number of nitrogens with zero attached hydrogens (tertiary/aromatic N) is 1. The van der Waals surface area contributed by atoms with Gasteiger partial charge in [-0.05, 0) is 36.8 Å². The third kappa shape index (κ3) is 1.60. The van der Waals surface area contributed by atoms with Gasteiger partial charge in [0.1, 0.15) is 5.82 Å². The van der Waals surface area contributed by atoms with Crippen molar-refractivity contribution in [3.05, 3.63) is 58.9 Å². The van der Waals surface area contributed by atoms with Crippen LogP contribution in [0.5, 0.6) is 0 Å². The second-order valence-electron chi connectivity index (χ2n) is 5.86. The molecular formula is C17H14FN3O2. The molecule has 2 amide bonds. The molecule has 0 bridgehead atoms. The number of rotatable bonds is 0. The van der Waals surface area contributed by atoms with Crippen LogP contribution in [0.4, 0.5) is 15.8 Å². The molecule has 0 fully saturated rings. The maximum atomic E-state index is 14.2. The van der Waals surface area contributed by atoms with Gasteiger partial charge in [0, 0.05) is 12.6 Å². The highest BCUT2D eigenvalue weighted by molar-refractivity contribution is 6.14. The third-order valence-corrected chi connectivity index (χ3v) is 4.50. The standard InChI is InChI=1S/C17H14FN3O2/c1-9-7-11-14(12(18)8-9)19-16(23)17(11)20-15(22)10-5-3-4-6-13(10)21(17)2/h3-8H,1-2H3,(H,19,23)(H,20,22)/t17-/m1/s1. The zero-order chi connectivity index (χ0) is 16.4. The minimum absolute atomic E-state index is 0.118. The highest BCUT2D eigenvalue weighted by Crippen LogP contribution is 2.44. The molecule has 6 heteroatoms. The van der Waals surface area contributed by atoms with Crippen molar-refractivity contribution in [2.24, 2.45) is 0 Å². The van der Waals surface area contributed by atoms with Gasteiger partial charge in [-0.25, -0.2) is 4.39 Å². The van der Waals surface area contributed by atoms with Crippen molar-refractivity contribution in [1.82, 2.24) is 5.32 Å². The van der Waals surface area contributed by atoms with Gasteiger partial charge in [-0.15, -0.1) is 0 Å². The Hall–Kier alpha value is -2.89. The van der Waals surface area contributed by atoms with Crippen LogP contribution in [0.15, 0.2) is 36.4 Å². The van der Waals surface area contributed by atoms with Gasteiger partial charge in [0.05, 0.1) is 16.9 Å². The number of benzene rings is 2. The first-order valence-electron chi connectivity index (χ1n) is 7.22. The molecule has 4 rings (SSSR count). The average Bonchev–Trinajstić information content (AvgIpc) is 2.79. The molecule has 2 aromatic carbocycles. The average molecular weight is 311 g/mol. The number of likely N-dealkylation sites (N-methyl/N-ethyl adjacent to an activating group) is 1. The molecule has 2 heterocycles. The van der Waals surface area contributed by atoms with E-state index in [0.717, 1.165) is 0 Å². The van der Waals surface area contributed by atoms with Gasteiger partial charge < -0.3 is 15.5 Å². The van der Waals surface area contributed by atoms with Gasteiger partial charge in [0.15, 0.2) is 0 Å². The molecule has 0 aromatic heterocycles. The summed E-state index contributed by atoms with van der Waals surface area (Å²) in [6.45, 7) is 1.75. The quantitative estimate of drug-likeness (QED) is 0.783. The Balaban J connectivity index is 2.01. The summed E-state index contributed by atoms with van der Waals surface area (Å²) >= 11 is 0. The summed E-state index contributed by atoms with van der Waals surface area (Å²) in [4.78, 5) is 26.9. The largest absolute Gasteiger partial charge is 0.340 e. The molecule has 0 unspecified atom stereocenters. The van der Waals surface area contributed by atoms with E-state index in [4.69, 9.17) is 0 Å². The van der Waals surface area contributed by atoms with E-state index in [-0.39, 0.29) is 11.6 Å². The molecule has 2 N–H and O–H groups in total. The maximum Gasteiger partial charge on any atom is 0.276 e. The topological polar surface area (TPSA) is 61.4 Å². The number of para-hydroxylation sites is 1. The predicted molar refractivity (Wildman–Crippen MR) is 83.8 cm³/mol. The number of hydrogen-bond acceptors (Lipinski definition) is 3. The van der Waals surface area contributed by atoms with E-state index in [1.807, 2.05) is 0 Å². The molecule has 0 saturated heterocycles. The highest BCUT2D eigenvalue weighted by Gasteiger charge is 2.55. The lowest BCUT2D eigenvalue weighted by Gasteiger charge is -2.43. The summed E-state index contributed by atoms with van der Waals surface area (Å²) in [5.74, 6) is -1.34. The summed E-state index contributed by atoms with van der Waals surface area (Å²) in [5.41, 5.74) is 0.889. The molecule has 116 valence electrons. The number of fused-ring (bicyclic) bond motifs is 3. The number of hydrogen-bond donors (Lipinski definition) is 2. The van der Waals surface area contributed by atoms with Crippen molar-refractivity contribution in [2.45, 2.75) is 12.6 Å². The van der Waals surface area contributed by atoms with Gasteiger partial charge >= 0.3 is 0 Å². The lowest BCUT2D eigenvalue weighted by Crippen LogP contribution is -2.64. The van der Waals surface area contributed by atoms with E-state index in [1.165, 1.54) is 6.07 Å².